The van der Waals surface area contributed by atoms with Crippen LogP contribution in [0.2, 0.25) is 0 Å². The topological polar surface area (TPSA) is 42.7 Å². The molecule has 0 unspecified atom stereocenters. The third-order valence-electron chi connectivity index (χ3n) is 5.04. The number of aromatic nitrogens is 3. The van der Waals surface area contributed by atoms with Crippen LogP contribution in [0.4, 0.5) is 0 Å². The summed E-state index contributed by atoms with van der Waals surface area (Å²) >= 11 is 0. The van der Waals surface area contributed by atoms with E-state index < -0.39 is 0 Å². The summed E-state index contributed by atoms with van der Waals surface area (Å²) in [6.07, 6.45) is 7.44. The lowest BCUT2D eigenvalue weighted by atomic mass is 9.92. The van der Waals surface area contributed by atoms with E-state index in [1.54, 1.807) is 0 Å². The Bertz CT molecular complexity index is 888. The van der Waals surface area contributed by atoms with Crippen LogP contribution in [0.25, 0.3) is 10.9 Å². The first-order valence-electron chi connectivity index (χ1n) is 9.17. The summed E-state index contributed by atoms with van der Waals surface area (Å²) in [5.74, 6) is 0. The van der Waals surface area contributed by atoms with E-state index in [4.69, 9.17) is 0 Å². The van der Waals surface area contributed by atoms with Crippen molar-refractivity contribution in [3.05, 3.63) is 59.5 Å². The molecule has 0 spiro atoms. The second-order valence-electron chi connectivity index (χ2n) is 7.99. The van der Waals surface area contributed by atoms with E-state index in [1.165, 1.54) is 35.0 Å². The SMILES string of the molecule is CC(C)(C)n1ncc2c1CCC[C@@H]2NCc1ccc2ncccc2c1. The zero-order valence-electron chi connectivity index (χ0n) is 15.3. The van der Waals surface area contributed by atoms with E-state index in [9.17, 15) is 0 Å². The molecular formula is C21H26N4. The minimum absolute atomic E-state index is 0.0425. The van der Waals surface area contributed by atoms with Gasteiger partial charge < -0.3 is 5.32 Å². The Kier molecular flexibility index (Phi) is 4.08. The van der Waals surface area contributed by atoms with Gasteiger partial charge in [-0.05, 0) is 63.8 Å². The molecule has 1 atom stereocenters. The van der Waals surface area contributed by atoms with Gasteiger partial charge in [0.15, 0.2) is 0 Å². The first kappa shape index (κ1) is 16.3. The highest BCUT2D eigenvalue weighted by Gasteiger charge is 2.27. The van der Waals surface area contributed by atoms with Gasteiger partial charge in [0.05, 0.1) is 17.3 Å². The van der Waals surface area contributed by atoms with Gasteiger partial charge in [-0.2, -0.15) is 5.10 Å². The summed E-state index contributed by atoms with van der Waals surface area (Å²) in [7, 11) is 0. The van der Waals surface area contributed by atoms with E-state index in [0.29, 0.717) is 6.04 Å². The Morgan fingerprint density at radius 2 is 2.12 bits per heavy atom. The molecule has 0 fully saturated rings. The van der Waals surface area contributed by atoms with Gasteiger partial charge in [-0.3, -0.25) is 9.67 Å². The Hall–Kier alpha value is -2.20. The quantitative estimate of drug-likeness (QED) is 0.774. The van der Waals surface area contributed by atoms with E-state index >= 15 is 0 Å². The minimum atomic E-state index is 0.0425. The van der Waals surface area contributed by atoms with Crippen molar-refractivity contribution in [1.29, 1.82) is 0 Å². The van der Waals surface area contributed by atoms with Crippen molar-refractivity contribution in [2.45, 2.75) is 58.2 Å². The molecule has 1 aliphatic carbocycles. The molecule has 1 aromatic carbocycles. The number of pyridine rings is 1. The van der Waals surface area contributed by atoms with Crippen LogP contribution < -0.4 is 5.32 Å². The number of benzene rings is 1. The fourth-order valence-corrected chi connectivity index (χ4v) is 3.82. The molecule has 4 nitrogen and oxygen atoms in total. The van der Waals surface area contributed by atoms with Crippen LogP contribution in [-0.4, -0.2) is 14.8 Å². The standard InChI is InChI=1S/C21H26N4/c1-21(2,3)25-20-8-4-7-19(17(20)14-24-25)23-13-15-9-10-18-16(12-15)6-5-11-22-18/h5-6,9-12,14,19,23H,4,7-8,13H2,1-3H3/t19-/m0/s1. The molecule has 2 heterocycles. The predicted molar refractivity (Wildman–Crippen MR) is 101 cm³/mol. The molecule has 0 saturated heterocycles. The second-order valence-corrected chi connectivity index (χ2v) is 7.99. The van der Waals surface area contributed by atoms with Crippen molar-refractivity contribution in [1.82, 2.24) is 20.1 Å². The average molecular weight is 334 g/mol. The molecule has 2 aromatic heterocycles. The molecule has 130 valence electrons. The highest BCUT2D eigenvalue weighted by atomic mass is 15.3. The summed E-state index contributed by atoms with van der Waals surface area (Å²) in [5.41, 5.74) is 5.18. The Balaban J connectivity index is 1.53. The summed E-state index contributed by atoms with van der Waals surface area (Å²) in [6.45, 7) is 7.54. The molecule has 1 aliphatic rings. The van der Waals surface area contributed by atoms with Crippen molar-refractivity contribution >= 4 is 10.9 Å². The van der Waals surface area contributed by atoms with Crippen LogP contribution in [0, 0.1) is 0 Å². The maximum atomic E-state index is 4.68. The Morgan fingerprint density at radius 3 is 2.96 bits per heavy atom. The number of fused-ring (bicyclic) bond motifs is 2. The second kappa shape index (κ2) is 6.26. The third-order valence-corrected chi connectivity index (χ3v) is 5.04. The number of hydrogen-bond donors (Lipinski definition) is 1. The van der Waals surface area contributed by atoms with Crippen LogP contribution in [0.3, 0.4) is 0 Å². The van der Waals surface area contributed by atoms with E-state index in [1.807, 2.05) is 12.3 Å². The van der Waals surface area contributed by atoms with Crippen molar-refractivity contribution in [2.75, 3.05) is 0 Å². The lowest BCUT2D eigenvalue weighted by Gasteiger charge is -2.28. The Labute approximate surface area is 149 Å². The average Bonchev–Trinajstić information content (AvgIpc) is 3.05. The largest absolute Gasteiger partial charge is 0.306 e. The van der Waals surface area contributed by atoms with Crippen molar-refractivity contribution in [3.8, 4) is 0 Å². The predicted octanol–water partition coefficient (Wildman–Crippen LogP) is 4.35. The lowest BCUT2D eigenvalue weighted by Crippen LogP contribution is -2.29. The highest BCUT2D eigenvalue weighted by Crippen LogP contribution is 2.32. The monoisotopic (exact) mass is 334 g/mol. The zero-order chi connectivity index (χ0) is 17.4. The zero-order valence-corrected chi connectivity index (χ0v) is 15.3. The normalized spacial score (nSPS) is 17.6. The molecule has 3 aromatic rings. The first-order valence-corrected chi connectivity index (χ1v) is 9.17. The van der Waals surface area contributed by atoms with Gasteiger partial charge in [0.1, 0.15) is 0 Å². The molecule has 4 heteroatoms. The molecule has 4 rings (SSSR count). The van der Waals surface area contributed by atoms with E-state index in [0.717, 1.165) is 18.5 Å². The molecule has 1 N–H and O–H groups in total. The van der Waals surface area contributed by atoms with Crippen LogP contribution in [-0.2, 0) is 18.5 Å². The van der Waals surface area contributed by atoms with Gasteiger partial charge in [-0.1, -0.05) is 12.1 Å². The molecule has 0 radical (unpaired) electrons. The maximum Gasteiger partial charge on any atom is 0.0702 e. The highest BCUT2D eigenvalue weighted by molar-refractivity contribution is 5.78. The fraction of sp³-hybridized carbons (Fsp3) is 0.429. The first-order chi connectivity index (χ1) is 12.0. The number of hydrogen-bond acceptors (Lipinski definition) is 3. The molecular weight excluding hydrogens is 308 g/mol. The van der Waals surface area contributed by atoms with E-state index in [2.05, 4.69) is 71.3 Å². The third kappa shape index (κ3) is 3.19. The van der Waals surface area contributed by atoms with Gasteiger partial charge >= 0.3 is 0 Å². The molecule has 0 saturated carbocycles. The summed E-state index contributed by atoms with van der Waals surface area (Å²) in [4.78, 5) is 4.40. The molecule has 0 bridgehead atoms. The smallest absolute Gasteiger partial charge is 0.0702 e. The number of rotatable bonds is 3. The number of nitrogens with zero attached hydrogens (tertiary/aromatic N) is 3. The van der Waals surface area contributed by atoms with Gasteiger partial charge in [0.2, 0.25) is 0 Å². The van der Waals surface area contributed by atoms with Gasteiger partial charge in [0.25, 0.3) is 0 Å². The van der Waals surface area contributed by atoms with Crippen LogP contribution in [0.1, 0.15) is 56.5 Å². The van der Waals surface area contributed by atoms with Crippen LogP contribution in [0.15, 0.2) is 42.7 Å². The minimum Gasteiger partial charge on any atom is -0.306 e. The lowest BCUT2D eigenvalue weighted by molar-refractivity contribution is 0.334. The van der Waals surface area contributed by atoms with Crippen LogP contribution in [0.5, 0.6) is 0 Å². The van der Waals surface area contributed by atoms with Crippen LogP contribution >= 0.6 is 0 Å². The van der Waals surface area contributed by atoms with Crippen molar-refractivity contribution in [3.63, 3.8) is 0 Å². The molecule has 0 aliphatic heterocycles. The summed E-state index contributed by atoms with van der Waals surface area (Å²) in [5, 5.41) is 9.63. The fourth-order valence-electron chi connectivity index (χ4n) is 3.82. The van der Waals surface area contributed by atoms with Gasteiger partial charge in [-0.25, -0.2) is 0 Å². The summed E-state index contributed by atoms with van der Waals surface area (Å²) in [6, 6.07) is 11.0. The van der Waals surface area contributed by atoms with E-state index in [-0.39, 0.29) is 5.54 Å². The molecule has 25 heavy (non-hydrogen) atoms. The van der Waals surface area contributed by atoms with Crippen molar-refractivity contribution < 1.29 is 0 Å². The number of nitrogens with one attached hydrogen (secondary N) is 1. The maximum absolute atomic E-state index is 4.68. The van der Waals surface area contributed by atoms with Gasteiger partial charge in [-0.15, -0.1) is 0 Å². The molecule has 0 amide bonds. The Morgan fingerprint density at radius 1 is 1.24 bits per heavy atom. The van der Waals surface area contributed by atoms with Crippen molar-refractivity contribution in [2.24, 2.45) is 0 Å². The van der Waals surface area contributed by atoms with Gasteiger partial charge in [0, 0.05) is 35.4 Å². The summed E-state index contributed by atoms with van der Waals surface area (Å²) < 4.78 is 2.21.